The number of thioether (sulfide) groups is 1. The maximum Gasteiger partial charge on any atom is 0.316 e. The number of para-hydroxylation sites is 4. The largest absolute Gasteiger partial charge is 0.495 e. The molecule has 2 aromatic carbocycles. The van der Waals surface area contributed by atoms with Gasteiger partial charge in [0, 0.05) is 0 Å². The first-order valence-corrected chi connectivity index (χ1v) is 11.8. The third-order valence-electron chi connectivity index (χ3n) is 5.55. The fraction of sp³-hybridized carbons (Fsp3) is 0.292. The SMILES string of the molecule is COc1ccccc1-n1c(C)nnc1SCC(=O)OCC(=O)N1c2ccccc2NC(=O)C1(C)C. The van der Waals surface area contributed by atoms with Crippen molar-refractivity contribution < 1.29 is 23.9 Å². The lowest BCUT2D eigenvalue weighted by Gasteiger charge is -2.41. The summed E-state index contributed by atoms with van der Waals surface area (Å²) in [5.41, 5.74) is 0.675. The van der Waals surface area contributed by atoms with E-state index in [0.717, 1.165) is 17.4 Å². The van der Waals surface area contributed by atoms with Gasteiger partial charge in [0.2, 0.25) is 5.91 Å². The zero-order chi connectivity index (χ0) is 25.2. The molecule has 10 nitrogen and oxygen atoms in total. The highest BCUT2D eigenvalue weighted by Gasteiger charge is 2.43. The first kappa shape index (κ1) is 24.3. The number of fused-ring (bicyclic) bond motifs is 1. The molecule has 0 bridgehead atoms. The van der Waals surface area contributed by atoms with Gasteiger partial charge in [-0.2, -0.15) is 0 Å². The molecule has 0 aliphatic carbocycles. The predicted molar refractivity (Wildman–Crippen MR) is 131 cm³/mol. The van der Waals surface area contributed by atoms with Crippen LogP contribution in [-0.2, 0) is 19.1 Å². The summed E-state index contributed by atoms with van der Waals surface area (Å²) < 4.78 is 12.5. The Morgan fingerprint density at radius 1 is 1.06 bits per heavy atom. The summed E-state index contributed by atoms with van der Waals surface area (Å²) in [4.78, 5) is 39.4. The lowest BCUT2D eigenvalue weighted by molar-refractivity contribution is -0.145. The Hall–Kier alpha value is -3.86. The molecule has 0 atom stereocenters. The first-order chi connectivity index (χ1) is 16.7. The number of nitrogens with one attached hydrogen (secondary N) is 1. The van der Waals surface area contributed by atoms with Gasteiger partial charge in [-0.1, -0.05) is 36.0 Å². The average molecular weight is 496 g/mol. The van der Waals surface area contributed by atoms with Crippen LogP contribution in [0.15, 0.2) is 53.7 Å². The summed E-state index contributed by atoms with van der Waals surface area (Å²) in [6.45, 7) is 4.58. The van der Waals surface area contributed by atoms with Crippen LogP contribution in [0.25, 0.3) is 5.69 Å². The summed E-state index contributed by atoms with van der Waals surface area (Å²) >= 11 is 1.14. The fourth-order valence-electron chi connectivity index (χ4n) is 3.80. The maximum atomic E-state index is 13.0. The van der Waals surface area contributed by atoms with Gasteiger partial charge in [0.25, 0.3) is 5.91 Å². The zero-order valence-corrected chi connectivity index (χ0v) is 20.6. The van der Waals surface area contributed by atoms with Crippen molar-refractivity contribution in [3.05, 3.63) is 54.4 Å². The van der Waals surface area contributed by atoms with Gasteiger partial charge < -0.3 is 14.8 Å². The monoisotopic (exact) mass is 495 g/mol. The minimum absolute atomic E-state index is 0.0823. The summed E-state index contributed by atoms with van der Waals surface area (Å²) in [6, 6.07) is 14.4. The van der Waals surface area contributed by atoms with E-state index in [2.05, 4.69) is 15.5 Å². The van der Waals surface area contributed by atoms with Crippen LogP contribution in [0.5, 0.6) is 5.75 Å². The van der Waals surface area contributed by atoms with Crippen LogP contribution in [0.3, 0.4) is 0 Å². The number of rotatable bonds is 7. The van der Waals surface area contributed by atoms with Crippen molar-refractivity contribution in [1.29, 1.82) is 0 Å². The Morgan fingerprint density at radius 2 is 1.74 bits per heavy atom. The van der Waals surface area contributed by atoms with E-state index < -0.39 is 24.0 Å². The van der Waals surface area contributed by atoms with E-state index in [9.17, 15) is 14.4 Å². The molecule has 1 N–H and O–H groups in total. The number of hydrogen-bond donors (Lipinski definition) is 1. The molecular weight excluding hydrogens is 470 g/mol. The minimum atomic E-state index is -1.14. The van der Waals surface area contributed by atoms with Crippen molar-refractivity contribution in [3.8, 4) is 11.4 Å². The lowest BCUT2D eigenvalue weighted by atomic mass is 9.96. The smallest absolute Gasteiger partial charge is 0.316 e. The van der Waals surface area contributed by atoms with E-state index in [-0.39, 0.29) is 11.7 Å². The number of hydrogen-bond acceptors (Lipinski definition) is 8. The summed E-state index contributed by atoms with van der Waals surface area (Å²) in [6.07, 6.45) is 0. The summed E-state index contributed by atoms with van der Waals surface area (Å²) in [5.74, 6) is -0.228. The molecule has 1 aliphatic heterocycles. The molecular formula is C24H25N5O5S. The third kappa shape index (κ3) is 4.72. The standard InChI is InChI=1S/C24H25N5O5S/c1-15-26-27-23(28(15)18-11-7-8-12-19(18)33-4)35-14-21(31)34-13-20(30)29-17-10-6-5-9-16(17)25-22(32)24(29,2)3/h5-12H,13-14H2,1-4H3,(H,25,32). The molecule has 0 radical (unpaired) electrons. The maximum absolute atomic E-state index is 13.0. The van der Waals surface area contributed by atoms with Crippen molar-refractivity contribution in [2.24, 2.45) is 0 Å². The molecule has 1 aromatic heterocycles. The Balaban J connectivity index is 1.42. The van der Waals surface area contributed by atoms with E-state index in [1.54, 1.807) is 56.7 Å². The van der Waals surface area contributed by atoms with Gasteiger partial charge in [0.15, 0.2) is 11.8 Å². The number of benzene rings is 2. The Labute approximate surface area is 206 Å². The van der Waals surface area contributed by atoms with Crippen LogP contribution in [0.1, 0.15) is 19.7 Å². The second kappa shape index (κ2) is 9.79. The number of nitrogens with zero attached hydrogens (tertiary/aromatic N) is 4. The Morgan fingerprint density at radius 3 is 2.49 bits per heavy atom. The van der Waals surface area contributed by atoms with Gasteiger partial charge in [0.1, 0.15) is 17.1 Å². The van der Waals surface area contributed by atoms with Crippen molar-refractivity contribution in [3.63, 3.8) is 0 Å². The minimum Gasteiger partial charge on any atom is -0.495 e. The lowest BCUT2D eigenvalue weighted by Crippen LogP contribution is -2.59. The molecule has 0 saturated carbocycles. The number of ether oxygens (including phenoxy) is 2. The fourth-order valence-corrected chi connectivity index (χ4v) is 4.59. The number of aryl methyl sites for hydroxylation is 1. The number of carbonyl (C=O) groups excluding carboxylic acids is 3. The molecule has 4 rings (SSSR count). The molecule has 0 saturated heterocycles. The van der Waals surface area contributed by atoms with Crippen LogP contribution in [0, 0.1) is 6.92 Å². The molecule has 0 unspecified atom stereocenters. The molecule has 11 heteroatoms. The van der Waals surface area contributed by atoms with Gasteiger partial charge in [-0.05, 0) is 45.0 Å². The number of esters is 1. The predicted octanol–water partition coefficient (Wildman–Crippen LogP) is 2.98. The van der Waals surface area contributed by atoms with Gasteiger partial charge in [-0.3, -0.25) is 23.9 Å². The molecule has 182 valence electrons. The number of aromatic nitrogens is 3. The molecule has 1 aliphatic rings. The molecule has 2 amide bonds. The highest BCUT2D eigenvalue weighted by Crippen LogP contribution is 2.36. The topological polar surface area (TPSA) is 116 Å². The van der Waals surface area contributed by atoms with Crippen LogP contribution in [-0.4, -0.2) is 57.6 Å². The van der Waals surface area contributed by atoms with E-state index in [4.69, 9.17) is 9.47 Å². The van der Waals surface area contributed by atoms with Gasteiger partial charge >= 0.3 is 5.97 Å². The zero-order valence-electron chi connectivity index (χ0n) is 19.8. The molecule has 35 heavy (non-hydrogen) atoms. The summed E-state index contributed by atoms with van der Waals surface area (Å²) in [5, 5.41) is 11.5. The highest BCUT2D eigenvalue weighted by molar-refractivity contribution is 7.99. The molecule has 0 fully saturated rings. The summed E-state index contributed by atoms with van der Waals surface area (Å²) in [7, 11) is 1.57. The van der Waals surface area contributed by atoms with Gasteiger partial charge in [-0.15, -0.1) is 10.2 Å². The quantitative estimate of drug-likeness (QED) is 0.393. The first-order valence-electron chi connectivity index (χ1n) is 10.8. The number of anilines is 2. The van der Waals surface area contributed by atoms with Crippen LogP contribution < -0.4 is 15.0 Å². The van der Waals surface area contributed by atoms with E-state index in [1.165, 1.54) is 4.90 Å². The van der Waals surface area contributed by atoms with E-state index in [0.29, 0.717) is 28.1 Å². The molecule has 3 aromatic rings. The van der Waals surface area contributed by atoms with E-state index >= 15 is 0 Å². The Kier molecular flexibility index (Phi) is 6.79. The number of methoxy groups -OCH3 is 1. The van der Waals surface area contributed by atoms with Crippen molar-refractivity contribution in [2.75, 3.05) is 29.7 Å². The van der Waals surface area contributed by atoms with Crippen LogP contribution in [0.4, 0.5) is 11.4 Å². The second-order valence-electron chi connectivity index (χ2n) is 8.25. The average Bonchev–Trinajstić information content (AvgIpc) is 3.21. The van der Waals surface area contributed by atoms with Crippen molar-refractivity contribution in [1.82, 2.24) is 14.8 Å². The number of amides is 2. The van der Waals surface area contributed by atoms with Crippen molar-refractivity contribution in [2.45, 2.75) is 31.5 Å². The normalized spacial score (nSPS) is 14.2. The van der Waals surface area contributed by atoms with Crippen molar-refractivity contribution >= 4 is 40.9 Å². The third-order valence-corrected chi connectivity index (χ3v) is 6.46. The molecule has 2 heterocycles. The van der Waals surface area contributed by atoms with Crippen LogP contribution >= 0.6 is 11.8 Å². The second-order valence-corrected chi connectivity index (χ2v) is 9.19. The molecule has 0 spiro atoms. The van der Waals surface area contributed by atoms with Crippen LogP contribution in [0.2, 0.25) is 0 Å². The highest BCUT2D eigenvalue weighted by atomic mass is 32.2. The van der Waals surface area contributed by atoms with Gasteiger partial charge in [0.05, 0.1) is 29.9 Å². The Bertz CT molecular complexity index is 1290. The van der Waals surface area contributed by atoms with Gasteiger partial charge in [-0.25, -0.2) is 0 Å². The van der Waals surface area contributed by atoms with E-state index in [1.807, 2.05) is 24.3 Å². The number of carbonyl (C=O) groups is 3.